The van der Waals surface area contributed by atoms with Crippen LogP contribution in [0.2, 0.25) is 5.02 Å². The molecule has 1 aliphatic heterocycles. The van der Waals surface area contributed by atoms with E-state index in [2.05, 4.69) is 11.9 Å². The molecule has 2 heterocycles. The summed E-state index contributed by atoms with van der Waals surface area (Å²) in [7, 11) is 1.90. The zero-order valence-electron chi connectivity index (χ0n) is 12.9. The first-order valence-corrected chi connectivity index (χ1v) is 7.79. The highest BCUT2D eigenvalue weighted by Crippen LogP contribution is 2.39. The van der Waals surface area contributed by atoms with Gasteiger partial charge in [0.2, 0.25) is 0 Å². The molecule has 0 aliphatic carbocycles. The maximum Gasteiger partial charge on any atom is 0.259 e. The maximum absolute atomic E-state index is 12.4. The fourth-order valence-electron chi connectivity index (χ4n) is 3.32. The summed E-state index contributed by atoms with van der Waals surface area (Å²) in [6, 6.07) is 9.20. The van der Waals surface area contributed by atoms with E-state index >= 15 is 0 Å². The number of benzene rings is 2. The van der Waals surface area contributed by atoms with Gasteiger partial charge in [-0.15, -0.1) is 0 Å². The number of hydrogen-bond acceptors (Lipinski definition) is 2. The lowest BCUT2D eigenvalue weighted by Gasteiger charge is -2.11. The van der Waals surface area contributed by atoms with Crippen molar-refractivity contribution in [3.8, 4) is 11.1 Å². The van der Waals surface area contributed by atoms with Crippen LogP contribution >= 0.6 is 11.6 Å². The molecule has 1 N–H and O–H groups in total. The second-order valence-corrected chi connectivity index (χ2v) is 6.14. The number of amides is 2. The first kappa shape index (κ1) is 14.7. The number of aryl methyl sites for hydroxylation is 1. The van der Waals surface area contributed by atoms with Gasteiger partial charge in [-0.1, -0.05) is 42.5 Å². The summed E-state index contributed by atoms with van der Waals surface area (Å²) in [5.41, 5.74) is 3.81. The molecule has 120 valence electrons. The van der Waals surface area contributed by atoms with Crippen LogP contribution in [0.5, 0.6) is 0 Å². The molecule has 4 rings (SSSR count). The van der Waals surface area contributed by atoms with Gasteiger partial charge in [0.1, 0.15) is 0 Å². The Morgan fingerprint density at radius 3 is 2.58 bits per heavy atom. The summed E-state index contributed by atoms with van der Waals surface area (Å²) in [6.45, 7) is 3.81. The molecule has 3 aromatic rings. The smallest absolute Gasteiger partial charge is 0.259 e. The largest absolute Gasteiger partial charge is 0.350 e. The molecule has 0 saturated carbocycles. The van der Waals surface area contributed by atoms with E-state index in [9.17, 15) is 9.59 Å². The third-order valence-electron chi connectivity index (χ3n) is 4.37. The Bertz CT molecular complexity index is 1070. The van der Waals surface area contributed by atoms with Crippen molar-refractivity contribution >= 4 is 40.4 Å². The lowest BCUT2D eigenvalue weighted by molar-refractivity contribution is 0.0880. The van der Waals surface area contributed by atoms with Gasteiger partial charge in [-0.25, -0.2) is 0 Å². The van der Waals surface area contributed by atoms with Crippen molar-refractivity contribution in [1.82, 2.24) is 9.88 Å². The maximum atomic E-state index is 12.4. The summed E-state index contributed by atoms with van der Waals surface area (Å²) in [5, 5.41) is 3.67. The Labute approximate surface area is 144 Å². The quantitative estimate of drug-likeness (QED) is 0.709. The van der Waals surface area contributed by atoms with Crippen LogP contribution in [0.15, 0.2) is 43.1 Å². The molecule has 0 unspecified atom stereocenters. The van der Waals surface area contributed by atoms with E-state index in [1.54, 1.807) is 12.1 Å². The fraction of sp³-hybridized carbons (Fsp3) is 0.0526. The van der Waals surface area contributed by atoms with Crippen molar-refractivity contribution in [3.05, 3.63) is 64.8 Å². The third-order valence-corrected chi connectivity index (χ3v) is 4.70. The molecular weight excluding hydrogens is 324 g/mol. The first-order chi connectivity index (χ1) is 11.5. The van der Waals surface area contributed by atoms with E-state index < -0.39 is 5.91 Å². The lowest BCUT2D eigenvalue weighted by atomic mass is 9.92. The average molecular weight is 339 g/mol. The van der Waals surface area contributed by atoms with Gasteiger partial charge in [-0.05, 0) is 17.7 Å². The number of halogens is 1. The zero-order chi connectivity index (χ0) is 17.0. The predicted molar refractivity (Wildman–Crippen MR) is 97.4 cm³/mol. The Kier molecular flexibility index (Phi) is 3.11. The van der Waals surface area contributed by atoms with Gasteiger partial charge < -0.3 is 4.57 Å². The molecule has 5 heteroatoms. The minimum absolute atomic E-state index is 0. The number of imide groups is 1. The van der Waals surface area contributed by atoms with E-state index in [1.165, 1.54) is 0 Å². The lowest BCUT2D eigenvalue weighted by Crippen LogP contribution is -2.20. The van der Waals surface area contributed by atoms with Crippen molar-refractivity contribution in [3.63, 3.8) is 0 Å². The Morgan fingerprint density at radius 2 is 1.88 bits per heavy atom. The fourth-order valence-corrected chi connectivity index (χ4v) is 3.56. The minimum Gasteiger partial charge on any atom is -0.350 e. The van der Waals surface area contributed by atoms with Crippen LogP contribution < -0.4 is 5.32 Å². The van der Waals surface area contributed by atoms with Crippen molar-refractivity contribution in [2.45, 2.75) is 0 Å². The summed E-state index contributed by atoms with van der Waals surface area (Å²) >= 11 is 6.33. The molecule has 0 spiro atoms. The summed E-state index contributed by atoms with van der Waals surface area (Å²) < 4.78 is 1.92. The van der Waals surface area contributed by atoms with Crippen LogP contribution in [0, 0.1) is 0 Å². The highest BCUT2D eigenvalue weighted by Gasteiger charge is 2.34. The SMILES string of the molecule is C=Cc1cn(C)c2cc(-c3ccccc3Cl)c3c(c12)C(=O)NC3=O.[HH]. The monoisotopic (exact) mass is 338 g/mol. The molecule has 0 atom stereocenters. The molecule has 0 saturated heterocycles. The van der Waals surface area contributed by atoms with Gasteiger partial charge in [-0.3, -0.25) is 14.9 Å². The Hall–Kier alpha value is -2.85. The Balaban J connectivity index is 0.00000182. The molecule has 1 aromatic heterocycles. The Morgan fingerprint density at radius 1 is 1.17 bits per heavy atom. The van der Waals surface area contributed by atoms with Gasteiger partial charge in [0.05, 0.1) is 11.1 Å². The second-order valence-electron chi connectivity index (χ2n) is 5.73. The van der Waals surface area contributed by atoms with Gasteiger partial charge in [-0.2, -0.15) is 0 Å². The number of aromatic nitrogens is 1. The number of hydrogen-bond donors (Lipinski definition) is 1. The van der Waals surface area contributed by atoms with Crippen LogP contribution in [-0.4, -0.2) is 16.4 Å². The number of carbonyl (C=O) groups is 2. The summed E-state index contributed by atoms with van der Waals surface area (Å²) in [6.07, 6.45) is 3.58. The van der Waals surface area contributed by atoms with Gasteiger partial charge in [0.25, 0.3) is 11.8 Å². The number of carbonyl (C=O) groups excluding carboxylic acids is 2. The van der Waals surface area contributed by atoms with Gasteiger partial charge in [0.15, 0.2) is 0 Å². The van der Waals surface area contributed by atoms with Gasteiger partial charge in [0, 0.05) is 41.7 Å². The van der Waals surface area contributed by atoms with Gasteiger partial charge >= 0.3 is 0 Å². The number of nitrogens with zero attached hydrogens (tertiary/aromatic N) is 1. The van der Waals surface area contributed by atoms with E-state index in [4.69, 9.17) is 11.6 Å². The molecule has 24 heavy (non-hydrogen) atoms. The van der Waals surface area contributed by atoms with Crippen molar-refractivity contribution in [2.75, 3.05) is 0 Å². The second kappa shape index (κ2) is 5.08. The topological polar surface area (TPSA) is 51.1 Å². The van der Waals surface area contributed by atoms with E-state index in [0.717, 1.165) is 22.0 Å². The molecule has 0 fully saturated rings. The highest BCUT2D eigenvalue weighted by atomic mass is 35.5. The first-order valence-electron chi connectivity index (χ1n) is 7.42. The zero-order valence-corrected chi connectivity index (χ0v) is 13.6. The number of nitrogens with one attached hydrogen (secondary N) is 1. The van der Waals surface area contributed by atoms with Crippen molar-refractivity contribution in [1.29, 1.82) is 0 Å². The van der Waals surface area contributed by atoms with Crippen molar-refractivity contribution < 1.29 is 11.0 Å². The van der Waals surface area contributed by atoms with Crippen LogP contribution in [0.25, 0.3) is 28.1 Å². The van der Waals surface area contributed by atoms with Crippen molar-refractivity contribution in [2.24, 2.45) is 7.05 Å². The van der Waals surface area contributed by atoms with Crippen LogP contribution in [0.1, 0.15) is 27.7 Å². The number of rotatable bonds is 2. The third kappa shape index (κ3) is 1.87. The van der Waals surface area contributed by atoms with Crippen LogP contribution in [0.3, 0.4) is 0 Å². The number of fused-ring (bicyclic) bond motifs is 3. The molecule has 2 aromatic carbocycles. The van der Waals surface area contributed by atoms with E-state index in [0.29, 0.717) is 21.7 Å². The standard InChI is InChI=1S/C19H13ClN2O2.H2/c1-3-10-9-22(2)14-8-12(11-6-4-5-7-13(11)20)16-17(15(10)14)19(24)21-18(16)23;/h3-9H,1H2,2H3,(H,21,23,24);1H. The minimum atomic E-state index is -0.398. The molecule has 1 aliphatic rings. The van der Waals surface area contributed by atoms with Crippen LogP contribution in [0.4, 0.5) is 0 Å². The molecule has 4 nitrogen and oxygen atoms in total. The van der Waals surface area contributed by atoms with E-state index in [1.807, 2.05) is 42.1 Å². The molecule has 0 radical (unpaired) electrons. The highest BCUT2D eigenvalue weighted by molar-refractivity contribution is 6.35. The predicted octanol–water partition coefficient (Wildman–Crippen LogP) is 4.27. The average Bonchev–Trinajstić information content (AvgIpc) is 3.04. The summed E-state index contributed by atoms with van der Waals surface area (Å²) in [4.78, 5) is 24.9. The normalized spacial score (nSPS) is 13.2. The molecule has 2 amide bonds. The summed E-state index contributed by atoms with van der Waals surface area (Å²) in [5.74, 6) is -0.783. The molecular formula is C19H15ClN2O2. The van der Waals surface area contributed by atoms with Crippen LogP contribution in [-0.2, 0) is 7.05 Å². The van der Waals surface area contributed by atoms with E-state index in [-0.39, 0.29) is 7.33 Å². The molecule has 0 bridgehead atoms.